The van der Waals surface area contributed by atoms with Crippen LogP contribution in [0.4, 0.5) is 4.39 Å². The fourth-order valence-electron chi connectivity index (χ4n) is 2.80. The minimum atomic E-state index is -0.474. The molecule has 1 heterocycles. The van der Waals surface area contributed by atoms with Crippen LogP contribution in [0.25, 0.3) is 0 Å². The molecule has 0 fully saturated rings. The highest BCUT2D eigenvalue weighted by Crippen LogP contribution is 2.41. The van der Waals surface area contributed by atoms with Gasteiger partial charge in [0.05, 0.1) is 12.0 Å². The molecule has 0 saturated carbocycles. The van der Waals surface area contributed by atoms with Crippen LogP contribution in [0, 0.1) is 5.82 Å². The largest absolute Gasteiger partial charge is 0.508 e. The monoisotopic (exact) mass is 326 g/mol. The number of ether oxygens (including phenoxy) is 1. The Labute approximate surface area is 140 Å². The molecule has 1 unspecified atom stereocenters. The third-order valence-electron chi connectivity index (χ3n) is 4.12. The first-order chi connectivity index (χ1) is 11.5. The zero-order valence-corrected chi connectivity index (χ0v) is 13.7. The summed E-state index contributed by atoms with van der Waals surface area (Å²) in [7, 11) is 0. The van der Waals surface area contributed by atoms with Crippen LogP contribution in [0.2, 0.25) is 0 Å². The summed E-state index contributed by atoms with van der Waals surface area (Å²) in [6.45, 7) is 3.94. The van der Waals surface area contributed by atoms with Crippen molar-refractivity contribution in [3.8, 4) is 11.5 Å². The second-order valence-electron chi connectivity index (χ2n) is 6.21. The number of Topliss-reactive ketones (excluding diaryl/α,β-unsaturated/α-hetero) is 1. The quantitative estimate of drug-likeness (QED) is 0.828. The predicted octanol–water partition coefficient (Wildman–Crippen LogP) is 4.75. The smallest absolute Gasteiger partial charge is 0.170 e. The van der Waals surface area contributed by atoms with E-state index in [0.717, 1.165) is 11.1 Å². The third kappa shape index (κ3) is 3.18. The zero-order valence-electron chi connectivity index (χ0n) is 13.7. The maximum Gasteiger partial charge on any atom is 0.170 e. The van der Waals surface area contributed by atoms with Gasteiger partial charge >= 0.3 is 0 Å². The number of fused-ring (bicyclic) bond motifs is 1. The average Bonchev–Trinajstić information content (AvgIpc) is 2.54. The molecule has 2 aromatic rings. The van der Waals surface area contributed by atoms with Gasteiger partial charge in [-0.05, 0) is 50.1 Å². The SMILES string of the molecule is CC(C)=CCc1c(O)ccc2c1OC(c1ccc(F)cc1)CC2=O. The van der Waals surface area contributed by atoms with Crippen molar-refractivity contribution < 1.29 is 19.0 Å². The Bertz CT molecular complexity index is 802. The Kier molecular flexibility index (Phi) is 4.38. The maximum atomic E-state index is 13.1. The van der Waals surface area contributed by atoms with Crippen molar-refractivity contribution in [2.75, 3.05) is 0 Å². The summed E-state index contributed by atoms with van der Waals surface area (Å²) >= 11 is 0. The topological polar surface area (TPSA) is 46.5 Å². The summed E-state index contributed by atoms with van der Waals surface area (Å²) in [4.78, 5) is 12.5. The summed E-state index contributed by atoms with van der Waals surface area (Å²) in [5.74, 6) is 0.170. The summed E-state index contributed by atoms with van der Waals surface area (Å²) in [5.41, 5.74) is 2.95. The number of hydrogen-bond acceptors (Lipinski definition) is 3. The minimum absolute atomic E-state index is 0.0379. The Morgan fingerprint density at radius 1 is 1.25 bits per heavy atom. The first-order valence-electron chi connectivity index (χ1n) is 7.89. The molecule has 0 aromatic heterocycles. The van der Waals surface area contributed by atoms with Crippen molar-refractivity contribution in [1.29, 1.82) is 0 Å². The van der Waals surface area contributed by atoms with Crippen molar-refractivity contribution in [2.24, 2.45) is 0 Å². The molecular formula is C20H19FO3. The number of phenolic OH excluding ortho intramolecular Hbond substituents is 1. The van der Waals surface area contributed by atoms with E-state index in [9.17, 15) is 14.3 Å². The van der Waals surface area contributed by atoms with Gasteiger partial charge in [-0.2, -0.15) is 0 Å². The average molecular weight is 326 g/mol. The van der Waals surface area contributed by atoms with E-state index < -0.39 is 6.10 Å². The molecule has 1 aliphatic heterocycles. The number of carbonyl (C=O) groups is 1. The van der Waals surface area contributed by atoms with Crippen LogP contribution in [0.3, 0.4) is 0 Å². The molecule has 0 radical (unpaired) electrons. The van der Waals surface area contributed by atoms with Crippen LogP contribution in [-0.2, 0) is 6.42 Å². The Hall–Kier alpha value is -2.62. The van der Waals surface area contributed by atoms with Crippen molar-refractivity contribution in [2.45, 2.75) is 32.8 Å². The van der Waals surface area contributed by atoms with Gasteiger partial charge in [0.2, 0.25) is 0 Å². The van der Waals surface area contributed by atoms with Crippen LogP contribution in [0.1, 0.15) is 47.9 Å². The first kappa shape index (κ1) is 16.2. The summed E-state index contributed by atoms with van der Waals surface area (Å²) in [5, 5.41) is 10.2. The molecular weight excluding hydrogens is 307 g/mol. The number of rotatable bonds is 3. The highest BCUT2D eigenvalue weighted by atomic mass is 19.1. The molecule has 24 heavy (non-hydrogen) atoms. The summed E-state index contributed by atoms with van der Waals surface area (Å²) in [6, 6.07) is 9.08. The molecule has 4 heteroatoms. The van der Waals surface area contributed by atoms with Gasteiger partial charge in [0.25, 0.3) is 0 Å². The lowest BCUT2D eigenvalue weighted by molar-refractivity contribution is 0.0847. The van der Waals surface area contributed by atoms with Crippen LogP contribution in [-0.4, -0.2) is 10.9 Å². The molecule has 2 aromatic carbocycles. The van der Waals surface area contributed by atoms with Crippen LogP contribution < -0.4 is 4.74 Å². The van der Waals surface area contributed by atoms with Gasteiger partial charge < -0.3 is 9.84 Å². The minimum Gasteiger partial charge on any atom is -0.508 e. The van der Waals surface area contributed by atoms with Gasteiger partial charge in [0, 0.05) is 5.56 Å². The van der Waals surface area contributed by atoms with Crippen LogP contribution in [0.15, 0.2) is 48.0 Å². The number of hydrogen-bond donors (Lipinski definition) is 1. The van der Waals surface area contributed by atoms with Gasteiger partial charge in [-0.3, -0.25) is 4.79 Å². The lowest BCUT2D eigenvalue weighted by Gasteiger charge is -2.27. The molecule has 124 valence electrons. The molecule has 1 atom stereocenters. The normalized spacial score (nSPS) is 16.3. The highest BCUT2D eigenvalue weighted by molar-refractivity contribution is 6.00. The first-order valence-corrected chi connectivity index (χ1v) is 7.89. The molecule has 3 nitrogen and oxygen atoms in total. The number of benzene rings is 2. The van der Waals surface area contributed by atoms with E-state index >= 15 is 0 Å². The highest BCUT2D eigenvalue weighted by Gasteiger charge is 2.30. The van der Waals surface area contributed by atoms with E-state index in [1.165, 1.54) is 18.2 Å². The lowest BCUT2D eigenvalue weighted by atomic mass is 9.93. The standard InChI is InChI=1S/C20H19FO3/c1-12(2)3-8-15-17(22)10-9-16-18(23)11-19(24-20(15)16)13-4-6-14(21)7-5-13/h3-7,9-10,19,22H,8,11H2,1-2H3. The fraction of sp³-hybridized carbons (Fsp3) is 0.250. The van der Waals surface area contributed by atoms with E-state index in [-0.39, 0.29) is 23.8 Å². The van der Waals surface area contributed by atoms with Crippen molar-refractivity contribution in [1.82, 2.24) is 0 Å². The Balaban J connectivity index is 2.01. The van der Waals surface area contributed by atoms with Crippen LogP contribution in [0.5, 0.6) is 11.5 Å². The van der Waals surface area contributed by atoms with Crippen LogP contribution >= 0.6 is 0 Å². The summed E-state index contributed by atoms with van der Waals surface area (Å²) < 4.78 is 19.2. The van der Waals surface area contributed by atoms with E-state index in [0.29, 0.717) is 23.3 Å². The number of phenols is 1. The molecule has 0 amide bonds. The van der Waals surface area contributed by atoms with Crippen molar-refractivity contribution >= 4 is 5.78 Å². The lowest BCUT2D eigenvalue weighted by Crippen LogP contribution is -2.21. The van der Waals surface area contributed by atoms with Gasteiger partial charge in [0.15, 0.2) is 5.78 Å². The van der Waals surface area contributed by atoms with E-state index in [1.54, 1.807) is 18.2 Å². The molecule has 1 N–H and O–H groups in total. The molecule has 3 rings (SSSR count). The molecule has 0 aliphatic carbocycles. The second kappa shape index (κ2) is 6.48. The Morgan fingerprint density at radius 2 is 1.96 bits per heavy atom. The van der Waals surface area contributed by atoms with E-state index in [2.05, 4.69) is 0 Å². The number of aromatic hydroxyl groups is 1. The number of allylic oxidation sites excluding steroid dienone is 2. The molecule has 1 aliphatic rings. The van der Waals surface area contributed by atoms with Gasteiger partial charge in [-0.1, -0.05) is 23.8 Å². The van der Waals surface area contributed by atoms with Crippen molar-refractivity contribution in [3.63, 3.8) is 0 Å². The Morgan fingerprint density at radius 3 is 2.62 bits per heavy atom. The van der Waals surface area contributed by atoms with E-state index in [4.69, 9.17) is 4.74 Å². The maximum absolute atomic E-state index is 13.1. The molecule has 0 spiro atoms. The molecule has 0 bridgehead atoms. The van der Waals surface area contributed by atoms with Gasteiger partial charge in [-0.15, -0.1) is 0 Å². The third-order valence-corrected chi connectivity index (χ3v) is 4.12. The number of carbonyl (C=O) groups excluding carboxylic acids is 1. The number of halogens is 1. The molecule has 0 saturated heterocycles. The summed E-state index contributed by atoms with van der Waals surface area (Å²) in [6.07, 6.45) is 2.19. The van der Waals surface area contributed by atoms with E-state index in [1.807, 2.05) is 19.9 Å². The number of ketones is 1. The zero-order chi connectivity index (χ0) is 17.3. The van der Waals surface area contributed by atoms with Gasteiger partial charge in [-0.25, -0.2) is 4.39 Å². The van der Waals surface area contributed by atoms with Gasteiger partial charge in [0.1, 0.15) is 23.4 Å². The second-order valence-corrected chi connectivity index (χ2v) is 6.21. The predicted molar refractivity (Wildman–Crippen MR) is 90.0 cm³/mol. The van der Waals surface area contributed by atoms with Crippen molar-refractivity contribution in [3.05, 3.63) is 70.6 Å². The fourth-order valence-corrected chi connectivity index (χ4v) is 2.80.